The SMILES string of the molecule is CC1=C(C(=O)OC2CCCCC2)C(c2ccc(OCc3ccc(Cl)cc3Cl)cc2)n2nnnc2N1. The van der Waals surface area contributed by atoms with Gasteiger partial charge in [-0.15, -0.1) is 0 Å². The Kier molecular flexibility index (Phi) is 6.92. The second-order valence-corrected chi connectivity index (χ2v) is 9.62. The summed E-state index contributed by atoms with van der Waals surface area (Å²) >= 11 is 12.2. The van der Waals surface area contributed by atoms with Crippen molar-refractivity contribution in [1.82, 2.24) is 20.2 Å². The molecule has 1 aromatic heterocycles. The Balaban J connectivity index is 1.37. The Bertz CT molecular complexity index is 1250. The standard InChI is InChI=1S/C25H25Cl2N5O3/c1-15-22(24(33)35-20-5-3-2-4-6-20)23(32-25(28-15)29-30-31-32)16-8-11-19(12-9-16)34-14-17-7-10-18(26)13-21(17)27/h7-13,20,23H,2-6,14H2,1H3,(H,28,29,31). The molecule has 3 aromatic rings. The van der Waals surface area contributed by atoms with Crippen LogP contribution in [0.15, 0.2) is 53.7 Å². The lowest BCUT2D eigenvalue weighted by molar-refractivity contribution is -0.146. The van der Waals surface area contributed by atoms with Crippen LogP contribution in [-0.2, 0) is 16.1 Å². The van der Waals surface area contributed by atoms with Crippen molar-refractivity contribution >= 4 is 35.1 Å². The number of esters is 1. The number of carbonyl (C=O) groups excluding carboxylic acids is 1. The van der Waals surface area contributed by atoms with Crippen molar-refractivity contribution in [3.05, 3.63) is 74.9 Å². The Labute approximate surface area is 213 Å². The van der Waals surface area contributed by atoms with Gasteiger partial charge in [0.25, 0.3) is 0 Å². The van der Waals surface area contributed by atoms with E-state index in [-0.39, 0.29) is 12.1 Å². The van der Waals surface area contributed by atoms with Crippen molar-refractivity contribution in [2.45, 2.75) is 57.8 Å². The number of ether oxygens (including phenoxy) is 2. The molecule has 35 heavy (non-hydrogen) atoms. The Hall–Kier alpha value is -3.10. The Morgan fingerprint density at radius 3 is 2.63 bits per heavy atom. The van der Waals surface area contributed by atoms with E-state index in [1.165, 1.54) is 6.42 Å². The quantitative estimate of drug-likeness (QED) is 0.421. The van der Waals surface area contributed by atoms with E-state index in [9.17, 15) is 4.79 Å². The van der Waals surface area contributed by atoms with Gasteiger partial charge in [-0.05, 0) is 72.9 Å². The Morgan fingerprint density at radius 2 is 1.89 bits per heavy atom. The number of hydrogen-bond donors (Lipinski definition) is 1. The molecule has 0 saturated heterocycles. The number of allylic oxidation sites excluding steroid dienone is 1. The molecule has 1 saturated carbocycles. The second-order valence-electron chi connectivity index (χ2n) is 8.77. The fourth-order valence-corrected chi connectivity index (χ4v) is 4.99. The van der Waals surface area contributed by atoms with Crippen LogP contribution in [0.2, 0.25) is 10.0 Å². The average Bonchev–Trinajstić information content (AvgIpc) is 3.31. The van der Waals surface area contributed by atoms with Crippen molar-refractivity contribution in [2.24, 2.45) is 0 Å². The summed E-state index contributed by atoms with van der Waals surface area (Å²) in [5.74, 6) is 0.794. The third-order valence-electron chi connectivity index (χ3n) is 6.37. The molecule has 1 aliphatic heterocycles. The number of tetrazole rings is 1. The van der Waals surface area contributed by atoms with Gasteiger partial charge in [0, 0.05) is 21.3 Å². The normalized spacial score (nSPS) is 18.1. The van der Waals surface area contributed by atoms with Gasteiger partial charge in [0.2, 0.25) is 5.95 Å². The van der Waals surface area contributed by atoms with E-state index in [2.05, 4.69) is 20.8 Å². The molecule has 0 spiro atoms. The number of fused-ring (bicyclic) bond motifs is 1. The zero-order valence-electron chi connectivity index (χ0n) is 19.2. The summed E-state index contributed by atoms with van der Waals surface area (Å²) in [7, 11) is 0. The molecule has 1 fully saturated rings. The lowest BCUT2D eigenvalue weighted by Gasteiger charge is -2.29. The first-order valence-electron chi connectivity index (χ1n) is 11.6. The summed E-state index contributed by atoms with van der Waals surface area (Å²) in [6.45, 7) is 2.15. The molecule has 0 bridgehead atoms. The van der Waals surface area contributed by atoms with Crippen LogP contribution in [0.4, 0.5) is 5.95 Å². The predicted octanol–water partition coefficient (Wildman–Crippen LogP) is 5.72. The smallest absolute Gasteiger partial charge is 0.338 e. The zero-order chi connectivity index (χ0) is 24.4. The molecule has 182 valence electrons. The first-order valence-corrected chi connectivity index (χ1v) is 12.4. The third-order valence-corrected chi connectivity index (χ3v) is 6.95. The molecule has 10 heteroatoms. The molecule has 1 unspecified atom stereocenters. The van der Waals surface area contributed by atoms with Crippen LogP contribution in [0.3, 0.4) is 0 Å². The number of benzene rings is 2. The number of anilines is 1. The molecule has 1 aliphatic carbocycles. The highest BCUT2D eigenvalue weighted by molar-refractivity contribution is 6.35. The number of nitrogens with one attached hydrogen (secondary N) is 1. The van der Waals surface area contributed by atoms with Crippen LogP contribution in [0.1, 0.15) is 56.2 Å². The molecular weight excluding hydrogens is 489 g/mol. The van der Waals surface area contributed by atoms with E-state index in [4.69, 9.17) is 32.7 Å². The largest absolute Gasteiger partial charge is 0.489 e. The van der Waals surface area contributed by atoms with E-state index in [1.807, 2.05) is 37.3 Å². The number of aromatic nitrogens is 4. The van der Waals surface area contributed by atoms with Gasteiger partial charge in [0.15, 0.2) is 0 Å². The minimum atomic E-state index is -0.517. The van der Waals surface area contributed by atoms with Crippen LogP contribution in [0.5, 0.6) is 5.75 Å². The zero-order valence-corrected chi connectivity index (χ0v) is 20.7. The van der Waals surface area contributed by atoms with Crippen molar-refractivity contribution in [2.75, 3.05) is 5.32 Å². The van der Waals surface area contributed by atoms with Crippen LogP contribution < -0.4 is 10.1 Å². The third kappa shape index (κ3) is 5.13. The maximum Gasteiger partial charge on any atom is 0.338 e. The molecule has 0 amide bonds. The fourth-order valence-electron chi connectivity index (χ4n) is 4.53. The summed E-state index contributed by atoms with van der Waals surface area (Å²) in [5.41, 5.74) is 2.85. The lowest BCUT2D eigenvalue weighted by atomic mass is 9.95. The van der Waals surface area contributed by atoms with Crippen molar-refractivity contribution in [3.63, 3.8) is 0 Å². The van der Waals surface area contributed by atoms with Gasteiger partial charge in [0.1, 0.15) is 24.5 Å². The molecule has 1 N–H and O–H groups in total. The summed E-state index contributed by atoms with van der Waals surface area (Å²) in [5, 5.41) is 16.2. The topological polar surface area (TPSA) is 91.2 Å². The van der Waals surface area contributed by atoms with E-state index < -0.39 is 6.04 Å². The van der Waals surface area contributed by atoms with Gasteiger partial charge in [0.05, 0.1) is 5.57 Å². The van der Waals surface area contributed by atoms with Crippen LogP contribution in [0, 0.1) is 0 Å². The van der Waals surface area contributed by atoms with E-state index >= 15 is 0 Å². The monoisotopic (exact) mass is 513 g/mol. The minimum absolute atomic E-state index is 0.0528. The fraction of sp³-hybridized carbons (Fsp3) is 0.360. The number of carbonyl (C=O) groups is 1. The molecular formula is C25H25Cl2N5O3. The molecule has 2 aromatic carbocycles. The molecule has 2 heterocycles. The van der Waals surface area contributed by atoms with Gasteiger partial charge in [-0.3, -0.25) is 0 Å². The summed E-state index contributed by atoms with van der Waals surface area (Å²) < 4.78 is 13.4. The van der Waals surface area contributed by atoms with Gasteiger partial charge >= 0.3 is 5.97 Å². The average molecular weight is 514 g/mol. The second kappa shape index (κ2) is 10.3. The predicted molar refractivity (Wildman–Crippen MR) is 132 cm³/mol. The molecule has 8 nitrogen and oxygen atoms in total. The highest BCUT2D eigenvalue weighted by Crippen LogP contribution is 2.36. The van der Waals surface area contributed by atoms with Crippen molar-refractivity contribution < 1.29 is 14.3 Å². The number of rotatable bonds is 6. The van der Waals surface area contributed by atoms with Crippen molar-refractivity contribution in [1.29, 1.82) is 0 Å². The van der Waals surface area contributed by atoms with Crippen molar-refractivity contribution in [3.8, 4) is 5.75 Å². The van der Waals surface area contributed by atoms with Gasteiger partial charge < -0.3 is 14.8 Å². The molecule has 5 rings (SSSR count). The lowest BCUT2D eigenvalue weighted by Crippen LogP contribution is -2.32. The van der Waals surface area contributed by atoms with E-state index in [0.717, 1.165) is 36.8 Å². The number of hydrogen-bond acceptors (Lipinski definition) is 7. The number of nitrogens with zero attached hydrogens (tertiary/aromatic N) is 4. The highest BCUT2D eigenvalue weighted by Gasteiger charge is 2.36. The summed E-state index contributed by atoms with van der Waals surface area (Å²) in [4.78, 5) is 13.3. The van der Waals surface area contributed by atoms with Crippen LogP contribution in [-0.4, -0.2) is 32.3 Å². The summed E-state index contributed by atoms with van der Waals surface area (Å²) in [6.07, 6.45) is 5.09. The number of halogens is 2. The van der Waals surface area contributed by atoms with Gasteiger partial charge in [-0.25, -0.2) is 4.79 Å². The molecule has 2 aliphatic rings. The molecule has 1 atom stereocenters. The maximum atomic E-state index is 13.3. The highest BCUT2D eigenvalue weighted by atomic mass is 35.5. The van der Waals surface area contributed by atoms with E-state index in [1.54, 1.807) is 16.8 Å². The first-order chi connectivity index (χ1) is 17.0. The summed E-state index contributed by atoms with van der Waals surface area (Å²) in [6, 6.07) is 12.3. The molecule has 0 radical (unpaired) electrons. The van der Waals surface area contributed by atoms with Gasteiger partial charge in [-0.1, -0.05) is 52.9 Å². The Morgan fingerprint density at radius 1 is 1.11 bits per heavy atom. The maximum absolute atomic E-state index is 13.3. The van der Waals surface area contributed by atoms with Crippen LogP contribution in [0.25, 0.3) is 0 Å². The minimum Gasteiger partial charge on any atom is -0.489 e. The van der Waals surface area contributed by atoms with Crippen LogP contribution >= 0.6 is 23.2 Å². The van der Waals surface area contributed by atoms with E-state index in [0.29, 0.717) is 39.6 Å². The van der Waals surface area contributed by atoms with Gasteiger partial charge in [-0.2, -0.15) is 4.68 Å². The first kappa shape index (κ1) is 23.6.